The van der Waals surface area contributed by atoms with Crippen molar-refractivity contribution in [2.45, 2.75) is 33.1 Å². The molecule has 2 nitrogen and oxygen atoms in total. The Morgan fingerprint density at radius 3 is 2.71 bits per heavy atom. The Morgan fingerprint density at radius 1 is 1.57 bits per heavy atom. The van der Waals surface area contributed by atoms with Gasteiger partial charge in [-0.3, -0.25) is 4.79 Å². The summed E-state index contributed by atoms with van der Waals surface area (Å²) in [5, 5.41) is 0. The van der Waals surface area contributed by atoms with Crippen LogP contribution in [0.4, 0.5) is 0 Å². The third-order valence-corrected chi connectivity index (χ3v) is 2.05. The molecule has 1 unspecified atom stereocenters. The minimum Gasteiger partial charge on any atom is -0.466 e. The molecule has 0 aliphatic rings. The van der Waals surface area contributed by atoms with Gasteiger partial charge in [0.15, 0.2) is 0 Å². The molecule has 0 heterocycles. The highest BCUT2D eigenvalue weighted by Crippen LogP contribution is 2.12. The Kier molecular flexibility index (Phi) is 6.81. The first kappa shape index (κ1) is 12.9. The Morgan fingerprint density at radius 2 is 2.21 bits per heavy atom. The zero-order valence-corrected chi connectivity index (χ0v) is 9.21. The van der Waals surface area contributed by atoms with Crippen molar-refractivity contribution in [1.82, 2.24) is 0 Å². The molecular weight excluding hydrogens is 176 g/mol. The van der Waals surface area contributed by atoms with Gasteiger partial charge < -0.3 is 4.74 Å². The molecule has 14 heavy (non-hydrogen) atoms. The lowest BCUT2D eigenvalue weighted by Gasteiger charge is -2.10. The van der Waals surface area contributed by atoms with Gasteiger partial charge in [-0.1, -0.05) is 31.7 Å². The van der Waals surface area contributed by atoms with Gasteiger partial charge in [0.1, 0.15) is 0 Å². The number of esters is 1. The van der Waals surface area contributed by atoms with Crippen LogP contribution in [0, 0.1) is 5.92 Å². The van der Waals surface area contributed by atoms with E-state index < -0.39 is 0 Å². The largest absolute Gasteiger partial charge is 0.466 e. The molecule has 0 aromatic rings. The van der Waals surface area contributed by atoms with Gasteiger partial charge in [-0.15, -0.1) is 0 Å². The van der Waals surface area contributed by atoms with Crippen molar-refractivity contribution < 1.29 is 9.53 Å². The zero-order chi connectivity index (χ0) is 11.0. The van der Waals surface area contributed by atoms with Gasteiger partial charge >= 0.3 is 5.97 Å². The molecule has 80 valence electrons. The molecule has 0 aromatic carbocycles. The van der Waals surface area contributed by atoms with Gasteiger partial charge in [-0.05, 0) is 25.2 Å². The number of carbonyl (C=O) groups excluding carboxylic acids is 1. The first-order valence-corrected chi connectivity index (χ1v) is 4.99. The summed E-state index contributed by atoms with van der Waals surface area (Å²) in [5.41, 5.74) is 1.07. The van der Waals surface area contributed by atoms with E-state index in [0.29, 0.717) is 12.5 Å². The highest BCUT2D eigenvalue weighted by atomic mass is 16.5. The fourth-order valence-electron chi connectivity index (χ4n) is 1.12. The maximum absolute atomic E-state index is 10.5. The first-order valence-electron chi connectivity index (χ1n) is 4.99. The zero-order valence-electron chi connectivity index (χ0n) is 9.21. The molecule has 0 radical (unpaired) electrons. The van der Waals surface area contributed by atoms with Gasteiger partial charge in [-0.2, -0.15) is 0 Å². The third-order valence-electron chi connectivity index (χ3n) is 2.05. The van der Waals surface area contributed by atoms with Crippen LogP contribution in [0.25, 0.3) is 0 Å². The Balaban J connectivity index is 3.44. The van der Waals surface area contributed by atoms with Crippen LogP contribution in [-0.2, 0) is 9.53 Å². The van der Waals surface area contributed by atoms with E-state index >= 15 is 0 Å². The Hall–Kier alpha value is -1.05. The van der Waals surface area contributed by atoms with E-state index in [4.69, 9.17) is 4.74 Å². The van der Waals surface area contributed by atoms with Crippen LogP contribution >= 0.6 is 0 Å². The van der Waals surface area contributed by atoms with Crippen molar-refractivity contribution in [3.63, 3.8) is 0 Å². The van der Waals surface area contributed by atoms with E-state index in [9.17, 15) is 4.79 Å². The Labute approximate surface area is 86.6 Å². The minimum atomic E-state index is -0.202. The summed E-state index contributed by atoms with van der Waals surface area (Å²) >= 11 is 0. The fourth-order valence-corrected chi connectivity index (χ4v) is 1.12. The van der Waals surface area contributed by atoms with Crippen molar-refractivity contribution in [2.24, 2.45) is 5.92 Å². The van der Waals surface area contributed by atoms with Crippen LogP contribution in [0.5, 0.6) is 0 Å². The highest BCUT2D eigenvalue weighted by Gasteiger charge is 2.03. The van der Waals surface area contributed by atoms with Gasteiger partial charge in [-0.25, -0.2) is 0 Å². The van der Waals surface area contributed by atoms with Crippen LogP contribution in [0.3, 0.4) is 0 Å². The number of allylic oxidation sites excluding steroid dienone is 2. The highest BCUT2D eigenvalue weighted by molar-refractivity contribution is 5.65. The van der Waals surface area contributed by atoms with Crippen molar-refractivity contribution in [3.05, 3.63) is 24.8 Å². The summed E-state index contributed by atoms with van der Waals surface area (Å²) in [4.78, 5) is 10.5. The second-order valence-electron chi connectivity index (χ2n) is 3.66. The lowest BCUT2D eigenvalue weighted by Crippen LogP contribution is -2.09. The molecule has 2 heteroatoms. The molecule has 0 aromatic heterocycles. The number of hydrogen-bond acceptors (Lipinski definition) is 2. The van der Waals surface area contributed by atoms with Crippen LogP contribution < -0.4 is 0 Å². The van der Waals surface area contributed by atoms with E-state index in [1.807, 2.05) is 0 Å². The number of hydrogen-bond donors (Lipinski definition) is 0. The first-order chi connectivity index (χ1) is 6.56. The fraction of sp³-hybridized carbons (Fsp3) is 0.583. The average molecular weight is 196 g/mol. The molecule has 0 fully saturated rings. The Bertz CT molecular complexity index is 206. The topological polar surface area (TPSA) is 26.3 Å². The lowest BCUT2D eigenvalue weighted by molar-refractivity contribution is -0.142. The van der Waals surface area contributed by atoms with Gasteiger partial charge in [0.05, 0.1) is 6.61 Å². The average Bonchev–Trinajstić information content (AvgIpc) is 2.14. The molecule has 0 spiro atoms. The van der Waals surface area contributed by atoms with E-state index in [1.165, 1.54) is 6.92 Å². The molecule has 0 aliphatic carbocycles. The predicted octanol–water partition coefficient (Wildman–Crippen LogP) is 3.10. The number of carbonyl (C=O) groups is 1. The SMILES string of the molecule is C=CC(=C)CCCC(C)COC(C)=O. The minimum absolute atomic E-state index is 0.202. The number of ether oxygens (including phenoxy) is 1. The van der Waals surface area contributed by atoms with E-state index in [2.05, 4.69) is 20.1 Å². The summed E-state index contributed by atoms with van der Waals surface area (Å²) in [7, 11) is 0. The lowest BCUT2D eigenvalue weighted by atomic mass is 10.0. The molecular formula is C12H20O2. The van der Waals surface area contributed by atoms with Gasteiger partial charge in [0, 0.05) is 6.92 Å². The van der Waals surface area contributed by atoms with Crippen LogP contribution in [0.2, 0.25) is 0 Å². The molecule has 0 aliphatic heterocycles. The molecule has 1 atom stereocenters. The summed E-state index contributed by atoms with van der Waals surface area (Å²) in [6.45, 7) is 11.5. The second-order valence-corrected chi connectivity index (χ2v) is 3.66. The summed E-state index contributed by atoms with van der Waals surface area (Å²) in [5.74, 6) is 0.226. The molecule has 0 bridgehead atoms. The van der Waals surface area contributed by atoms with E-state index in [0.717, 1.165) is 24.8 Å². The van der Waals surface area contributed by atoms with E-state index in [1.54, 1.807) is 6.08 Å². The normalized spacial score (nSPS) is 11.9. The smallest absolute Gasteiger partial charge is 0.302 e. The predicted molar refractivity (Wildman–Crippen MR) is 59.0 cm³/mol. The van der Waals surface area contributed by atoms with Crippen LogP contribution in [0.15, 0.2) is 24.8 Å². The molecule has 0 amide bonds. The maximum Gasteiger partial charge on any atom is 0.302 e. The van der Waals surface area contributed by atoms with Gasteiger partial charge in [0.2, 0.25) is 0 Å². The second kappa shape index (κ2) is 7.36. The monoisotopic (exact) mass is 196 g/mol. The molecule has 0 rings (SSSR count). The third kappa shape index (κ3) is 7.59. The summed E-state index contributed by atoms with van der Waals surface area (Å²) in [6.07, 6.45) is 4.90. The van der Waals surface area contributed by atoms with Crippen molar-refractivity contribution in [2.75, 3.05) is 6.61 Å². The van der Waals surface area contributed by atoms with Crippen LogP contribution in [-0.4, -0.2) is 12.6 Å². The van der Waals surface area contributed by atoms with Crippen LogP contribution in [0.1, 0.15) is 33.1 Å². The summed E-state index contributed by atoms with van der Waals surface area (Å²) < 4.78 is 4.91. The number of rotatable bonds is 7. The van der Waals surface area contributed by atoms with Crippen molar-refractivity contribution in [1.29, 1.82) is 0 Å². The maximum atomic E-state index is 10.5. The van der Waals surface area contributed by atoms with Gasteiger partial charge in [0.25, 0.3) is 0 Å². The quantitative estimate of drug-likeness (QED) is 0.462. The molecule has 0 saturated heterocycles. The molecule has 0 N–H and O–H groups in total. The summed E-state index contributed by atoms with van der Waals surface area (Å²) in [6, 6.07) is 0. The van der Waals surface area contributed by atoms with Crippen molar-refractivity contribution in [3.8, 4) is 0 Å². The molecule has 0 saturated carbocycles. The standard InChI is InChI=1S/C12H20O2/c1-5-10(2)7-6-8-11(3)9-14-12(4)13/h5,11H,1-2,6-9H2,3-4H3. The van der Waals surface area contributed by atoms with Crippen molar-refractivity contribution >= 4 is 5.97 Å². The van der Waals surface area contributed by atoms with E-state index in [-0.39, 0.29) is 5.97 Å².